The number of rotatable bonds is 6. The molecule has 0 saturated heterocycles. The second-order valence-electron chi connectivity index (χ2n) is 5.34. The fraction of sp³-hybridized carbons (Fsp3) is 0.222. The van der Waals surface area contributed by atoms with E-state index in [1.807, 2.05) is 49.4 Å². The number of amides is 2. The normalized spacial score (nSPS) is 10.1. The van der Waals surface area contributed by atoms with Gasteiger partial charge in [-0.3, -0.25) is 9.59 Å². The van der Waals surface area contributed by atoms with Gasteiger partial charge in [-0.25, -0.2) is 0 Å². The van der Waals surface area contributed by atoms with E-state index in [0.29, 0.717) is 12.1 Å². The zero-order valence-corrected chi connectivity index (χ0v) is 15.2. The highest BCUT2D eigenvalue weighted by atomic mass is 79.9. The van der Waals surface area contributed by atoms with Gasteiger partial charge in [0.2, 0.25) is 11.8 Å². The van der Waals surface area contributed by atoms with Crippen LogP contribution in [0.5, 0.6) is 0 Å². The van der Waals surface area contributed by atoms with Crippen molar-refractivity contribution in [3.63, 3.8) is 0 Å². The van der Waals surface area contributed by atoms with Crippen molar-refractivity contribution < 1.29 is 9.59 Å². The molecule has 6 heteroatoms. The summed E-state index contributed by atoms with van der Waals surface area (Å²) in [6, 6.07) is 13.0. The van der Waals surface area contributed by atoms with Gasteiger partial charge in [0.05, 0.1) is 6.54 Å². The molecule has 0 aliphatic carbocycles. The minimum Gasteiger partial charge on any atom is -0.376 e. The van der Waals surface area contributed by atoms with Crippen molar-refractivity contribution in [2.45, 2.75) is 20.3 Å². The molecule has 0 spiro atoms. The number of aryl methyl sites for hydroxylation is 1. The third-order valence-electron chi connectivity index (χ3n) is 3.41. The van der Waals surface area contributed by atoms with Crippen molar-refractivity contribution in [1.29, 1.82) is 0 Å². The molecule has 5 nitrogen and oxygen atoms in total. The molecule has 0 aliphatic heterocycles. The molecule has 126 valence electrons. The minimum atomic E-state index is -0.139. The van der Waals surface area contributed by atoms with E-state index in [2.05, 4.69) is 31.9 Å². The molecule has 0 bridgehead atoms. The summed E-state index contributed by atoms with van der Waals surface area (Å²) < 4.78 is 0.959. The van der Waals surface area contributed by atoms with E-state index < -0.39 is 0 Å². The Balaban J connectivity index is 1.95. The Bertz CT molecular complexity index is 730. The van der Waals surface area contributed by atoms with Crippen LogP contribution >= 0.6 is 15.9 Å². The van der Waals surface area contributed by atoms with Gasteiger partial charge in [0.25, 0.3) is 0 Å². The maximum Gasteiger partial charge on any atom is 0.243 e. The fourth-order valence-corrected chi connectivity index (χ4v) is 2.32. The van der Waals surface area contributed by atoms with Gasteiger partial charge >= 0.3 is 0 Å². The predicted molar refractivity (Wildman–Crippen MR) is 101 cm³/mol. The third kappa shape index (κ3) is 5.38. The lowest BCUT2D eigenvalue weighted by atomic mass is 10.1. The summed E-state index contributed by atoms with van der Waals surface area (Å²) >= 11 is 3.35. The average Bonchev–Trinajstić information content (AvgIpc) is 2.57. The van der Waals surface area contributed by atoms with Gasteiger partial charge in [-0.05, 0) is 48.9 Å². The summed E-state index contributed by atoms with van der Waals surface area (Å²) in [6.07, 6.45) is 0.423. The Morgan fingerprint density at radius 1 is 0.958 bits per heavy atom. The van der Waals surface area contributed by atoms with Gasteiger partial charge in [0.1, 0.15) is 0 Å². The molecule has 0 radical (unpaired) electrons. The molecule has 0 atom stereocenters. The first kappa shape index (κ1) is 18.0. The van der Waals surface area contributed by atoms with Crippen molar-refractivity contribution in [2.75, 3.05) is 22.5 Å². The highest BCUT2D eigenvalue weighted by molar-refractivity contribution is 9.10. The van der Waals surface area contributed by atoms with E-state index in [1.165, 1.54) is 0 Å². The third-order valence-corrected chi connectivity index (χ3v) is 3.94. The topological polar surface area (TPSA) is 70.2 Å². The molecule has 24 heavy (non-hydrogen) atoms. The lowest BCUT2D eigenvalue weighted by molar-refractivity contribution is -0.116. The zero-order valence-electron chi connectivity index (χ0n) is 13.7. The van der Waals surface area contributed by atoms with E-state index in [-0.39, 0.29) is 18.4 Å². The Labute approximate surface area is 150 Å². The molecule has 0 fully saturated rings. The van der Waals surface area contributed by atoms with E-state index in [0.717, 1.165) is 21.4 Å². The number of halogens is 1. The molecule has 2 rings (SSSR count). The number of nitrogens with one attached hydrogen (secondary N) is 3. The van der Waals surface area contributed by atoms with Crippen molar-refractivity contribution in [3.05, 3.63) is 52.5 Å². The molecule has 2 amide bonds. The van der Waals surface area contributed by atoms with E-state index in [4.69, 9.17) is 0 Å². The molecule has 3 N–H and O–H groups in total. The Hall–Kier alpha value is -2.34. The van der Waals surface area contributed by atoms with Gasteiger partial charge < -0.3 is 16.0 Å². The summed E-state index contributed by atoms with van der Waals surface area (Å²) in [5.74, 6) is -0.183. The number of hydrogen-bond acceptors (Lipinski definition) is 3. The van der Waals surface area contributed by atoms with Gasteiger partial charge in [0.15, 0.2) is 0 Å². The van der Waals surface area contributed by atoms with Gasteiger partial charge in [0, 0.05) is 28.0 Å². The van der Waals surface area contributed by atoms with Crippen molar-refractivity contribution in [1.82, 2.24) is 0 Å². The molecular formula is C18H20BrN3O2. The van der Waals surface area contributed by atoms with Crippen LogP contribution in [0.25, 0.3) is 0 Å². The Morgan fingerprint density at radius 2 is 1.58 bits per heavy atom. The summed E-state index contributed by atoms with van der Waals surface area (Å²) in [5.41, 5.74) is 3.27. The molecular weight excluding hydrogens is 370 g/mol. The van der Waals surface area contributed by atoms with Crippen LogP contribution in [0.1, 0.15) is 18.9 Å². The number of carbonyl (C=O) groups is 2. The van der Waals surface area contributed by atoms with Crippen LogP contribution in [-0.2, 0) is 9.59 Å². The molecule has 2 aromatic rings. The standard InChI is InChI=1S/C18H20BrN3O2/c1-3-17(23)22-15-7-4-12(2)16(10-15)20-11-18(24)21-14-8-5-13(19)6-9-14/h4-10,20H,3,11H2,1-2H3,(H,21,24)(H,22,23). The van der Waals surface area contributed by atoms with Crippen LogP contribution in [0.4, 0.5) is 17.1 Å². The van der Waals surface area contributed by atoms with Gasteiger partial charge in [-0.15, -0.1) is 0 Å². The SMILES string of the molecule is CCC(=O)Nc1ccc(C)c(NCC(=O)Nc2ccc(Br)cc2)c1. The number of anilines is 3. The summed E-state index contributed by atoms with van der Waals surface area (Å²) in [4.78, 5) is 23.5. The summed E-state index contributed by atoms with van der Waals surface area (Å²) in [5, 5.41) is 8.73. The largest absolute Gasteiger partial charge is 0.376 e. The smallest absolute Gasteiger partial charge is 0.243 e. The zero-order chi connectivity index (χ0) is 17.5. The van der Waals surface area contributed by atoms with E-state index in [9.17, 15) is 9.59 Å². The Kier molecular flexibility index (Phi) is 6.37. The maximum absolute atomic E-state index is 12.0. The first-order chi connectivity index (χ1) is 11.5. The molecule has 0 heterocycles. The molecule has 2 aromatic carbocycles. The van der Waals surface area contributed by atoms with Crippen molar-refractivity contribution in [2.24, 2.45) is 0 Å². The van der Waals surface area contributed by atoms with Gasteiger partial charge in [-0.1, -0.05) is 28.9 Å². The highest BCUT2D eigenvalue weighted by Gasteiger charge is 2.06. The van der Waals surface area contributed by atoms with E-state index >= 15 is 0 Å². The molecule has 0 aromatic heterocycles. The number of carbonyl (C=O) groups excluding carboxylic acids is 2. The van der Waals surface area contributed by atoms with Gasteiger partial charge in [-0.2, -0.15) is 0 Å². The van der Waals surface area contributed by atoms with E-state index in [1.54, 1.807) is 6.92 Å². The van der Waals surface area contributed by atoms with Crippen LogP contribution in [-0.4, -0.2) is 18.4 Å². The maximum atomic E-state index is 12.0. The Morgan fingerprint density at radius 3 is 2.25 bits per heavy atom. The predicted octanol–water partition coefficient (Wildman–Crippen LogP) is 4.16. The summed E-state index contributed by atoms with van der Waals surface area (Å²) in [6.45, 7) is 3.89. The van der Waals surface area contributed by atoms with Crippen LogP contribution in [0.3, 0.4) is 0 Å². The fourth-order valence-electron chi connectivity index (χ4n) is 2.05. The van der Waals surface area contributed by atoms with Crippen LogP contribution < -0.4 is 16.0 Å². The average molecular weight is 390 g/mol. The lowest BCUT2D eigenvalue weighted by Crippen LogP contribution is -2.22. The molecule has 0 unspecified atom stereocenters. The molecule has 0 saturated carbocycles. The van der Waals surface area contributed by atoms with Crippen molar-refractivity contribution in [3.8, 4) is 0 Å². The van der Waals surface area contributed by atoms with Crippen LogP contribution in [0.2, 0.25) is 0 Å². The second kappa shape index (κ2) is 8.49. The first-order valence-electron chi connectivity index (χ1n) is 7.67. The highest BCUT2D eigenvalue weighted by Crippen LogP contribution is 2.20. The quantitative estimate of drug-likeness (QED) is 0.694. The lowest BCUT2D eigenvalue weighted by Gasteiger charge is -2.12. The van der Waals surface area contributed by atoms with Crippen LogP contribution in [0.15, 0.2) is 46.9 Å². The first-order valence-corrected chi connectivity index (χ1v) is 8.47. The van der Waals surface area contributed by atoms with Crippen molar-refractivity contribution >= 4 is 44.8 Å². The number of hydrogen-bond donors (Lipinski definition) is 3. The molecule has 0 aliphatic rings. The summed E-state index contributed by atoms with van der Waals surface area (Å²) in [7, 11) is 0. The monoisotopic (exact) mass is 389 g/mol. The number of benzene rings is 2. The second-order valence-corrected chi connectivity index (χ2v) is 6.26. The van der Waals surface area contributed by atoms with Crippen LogP contribution in [0, 0.1) is 6.92 Å². The minimum absolute atomic E-state index is 0.0437.